The average Bonchev–Trinajstić information content (AvgIpc) is 2.95. The lowest BCUT2D eigenvalue weighted by molar-refractivity contribution is 0.0937. The second kappa shape index (κ2) is 25.0. The zero-order valence-electron chi connectivity index (χ0n) is 25.7. The maximum absolute atomic E-state index is 13.0. The number of carbonyl (C=O) groups is 2. The molecule has 0 fully saturated rings. The molecule has 0 saturated carbocycles. The van der Waals surface area contributed by atoms with Crippen molar-refractivity contribution < 1.29 is 14.3 Å². The summed E-state index contributed by atoms with van der Waals surface area (Å²) in [6.07, 6.45) is 24.3. The van der Waals surface area contributed by atoms with Crippen LogP contribution in [0.15, 0.2) is 18.2 Å². The highest BCUT2D eigenvalue weighted by atomic mass is 16.5. The Hall–Kier alpha value is -2.04. The first-order valence-corrected chi connectivity index (χ1v) is 16.5. The molecule has 5 nitrogen and oxygen atoms in total. The predicted octanol–water partition coefficient (Wildman–Crippen LogP) is 9.39. The van der Waals surface area contributed by atoms with Crippen molar-refractivity contribution in [3.63, 3.8) is 0 Å². The van der Waals surface area contributed by atoms with Crippen molar-refractivity contribution in [1.82, 2.24) is 10.6 Å². The topological polar surface area (TPSA) is 67.4 Å². The molecule has 0 aliphatic heterocycles. The Bertz CT molecular complexity index is 750. The van der Waals surface area contributed by atoms with Crippen LogP contribution in [0.1, 0.15) is 170 Å². The van der Waals surface area contributed by atoms with Gasteiger partial charge in [0.1, 0.15) is 5.75 Å². The van der Waals surface area contributed by atoms with E-state index in [1.807, 2.05) is 0 Å². The summed E-state index contributed by atoms with van der Waals surface area (Å²) in [4.78, 5) is 25.7. The van der Waals surface area contributed by atoms with Gasteiger partial charge in [0, 0.05) is 18.7 Å². The summed E-state index contributed by atoms with van der Waals surface area (Å²) < 4.78 is 6.04. The molecule has 39 heavy (non-hydrogen) atoms. The highest BCUT2D eigenvalue weighted by Crippen LogP contribution is 2.22. The molecule has 0 radical (unpaired) electrons. The Morgan fingerprint density at radius 1 is 0.564 bits per heavy atom. The summed E-state index contributed by atoms with van der Waals surface area (Å²) in [6, 6.07) is 5.24. The minimum atomic E-state index is -0.118. The van der Waals surface area contributed by atoms with Crippen molar-refractivity contribution in [2.45, 2.75) is 149 Å². The zero-order valence-corrected chi connectivity index (χ0v) is 25.7. The lowest BCUT2D eigenvalue weighted by Crippen LogP contribution is -2.26. The molecule has 0 aliphatic carbocycles. The van der Waals surface area contributed by atoms with E-state index < -0.39 is 0 Å². The number of benzene rings is 1. The van der Waals surface area contributed by atoms with Gasteiger partial charge in [-0.25, -0.2) is 0 Å². The van der Waals surface area contributed by atoms with Gasteiger partial charge in [-0.2, -0.15) is 0 Å². The third-order valence-electron chi connectivity index (χ3n) is 7.38. The zero-order chi connectivity index (χ0) is 28.4. The molecular formula is C34H60N2O3. The smallest absolute Gasteiger partial charge is 0.255 e. The number of unbranched alkanes of at least 4 members (excludes halogenated alkanes) is 17. The number of hydrogen-bond acceptors (Lipinski definition) is 3. The van der Waals surface area contributed by atoms with Crippen LogP contribution < -0.4 is 15.4 Å². The normalized spacial score (nSPS) is 10.9. The van der Waals surface area contributed by atoms with E-state index in [9.17, 15) is 9.59 Å². The molecule has 1 aromatic rings. The second-order valence-corrected chi connectivity index (χ2v) is 11.1. The minimum absolute atomic E-state index is 0.0975. The summed E-state index contributed by atoms with van der Waals surface area (Å²) in [5.74, 6) is 0.298. The van der Waals surface area contributed by atoms with Gasteiger partial charge in [-0.05, 0) is 37.5 Å². The predicted molar refractivity (Wildman–Crippen MR) is 166 cm³/mol. The van der Waals surface area contributed by atoms with Crippen molar-refractivity contribution in [2.75, 3.05) is 19.7 Å². The molecule has 1 aromatic carbocycles. The van der Waals surface area contributed by atoms with Crippen LogP contribution in [0.2, 0.25) is 0 Å². The van der Waals surface area contributed by atoms with Gasteiger partial charge in [0.05, 0.1) is 12.2 Å². The van der Waals surface area contributed by atoms with Crippen molar-refractivity contribution in [2.24, 2.45) is 0 Å². The summed E-state index contributed by atoms with van der Waals surface area (Å²) >= 11 is 0. The summed E-state index contributed by atoms with van der Waals surface area (Å²) in [6.45, 7) is 8.58. The fraction of sp³-hybridized carbons (Fsp3) is 0.765. The molecule has 2 N–H and O–H groups in total. The van der Waals surface area contributed by atoms with Gasteiger partial charge in [-0.1, -0.05) is 130 Å². The maximum Gasteiger partial charge on any atom is 0.255 e. The molecule has 0 bridgehead atoms. The quantitative estimate of drug-likeness (QED) is 0.114. The Balaban J connectivity index is 2.52. The molecule has 0 unspecified atom stereocenters. The van der Waals surface area contributed by atoms with Crippen LogP contribution in [0.4, 0.5) is 0 Å². The standard InChI is InChI=1S/C34H60N2O3/c1-4-7-10-13-15-17-19-21-26-35-33(37)30-24-25-31(32(29-30)39-28-23-12-9-6-3)34(38)36-27-22-20-18-16-14-11-8-5-2/h24-25,29H,4-23,26-28H2,1-3H3,(H,35,37)(H,36,38). The van der Waals surface area contributed by atoms with Gasteiger partial charge in [-0.15, -0.1) is 0 Å². The van der Waals surface area contributed by atoms with Crippen LogP contribution in [0.25, 0.3) is 0 Å². The third kappa shape index (κ3) is 18.0. The SMILES string of the molecule is CCCCCCCCCCNC(=O)c1ccc(C(=O)NCCCCCCCCCC)c(OCCCCCC)c1. The van der Waals surface area contributed by atoms with Gasteiger partial charge < -0.3 is 15.4 Å². The number of nitrogens with one attached hydrogen (secondary N) is 2. The van der Waals surface area contributed by atoms with Crippen molar-refractivity contribution >= 4 is 11.8 Å². The highest BCUT2D eigenvalue weighted by Gasteiger charge is 2.16. The Morgan fingerprint density at radius 3 is 1.51 bits per heavy atom. The van der Waals surface area contributed by atoms with Crippen molar-refractivity contribution in [3.05, 3.63) is 29.3 Å². The van der Waals surface area contributed by atoms with E-state index in [1.54, 1.807) is 18.2 Å². The fourth-order valence-electron chi connectivity index (χ4n) is 4.80. The molecule has 0 spiro atoms. The molecular weight excluding hydrogens is 484 g/mol. The number of rotatable bonds is 26. The van der Waals surface area contributed by atoms with E-state index in [0.717, 1.165) is 38.5 Å². The lowest BCUT2D eigenvalue weighted by Gasteiger charge is -2.14. The first kappa shape index (κ1) is 35.0. The summed E-state index contributed by atoms with van der Waals surface area (Å²) in [5, 5.41) is 6.10. The summed E-state index contributed by atoms with van der Waals surface area (Å²) in [5.41, 5.74) is 1.07. The molecule has 224 valence electrons. The van der Waals surface area contributed by atoms with Gasteiger partial charge in [0.25, 0.3) is 11.8 Å². The maximum atomic E-state index is 13.0. The number of ether oxygens (including phenoxy) is 1. The van der Waals surface area contributed by atoms with Crippen LogP contribution in [0.5, 0.6) is 5.75 Å². The van der Waals surface area contributed by atoms with E-state index in [0.29, 0.717) is 36.6 Å². The monoisotopic (exact) mass is 544 g/mol. The third-order valence-corrected chi connectivity index (χ3v) is 7.38. The van der Waals surface area contributed by atoms with Crippen molar-refractivity contribution in [3.8, 4) is 5.75 Å². The number of hydrogen-bond donors (Lipinski definition) is 2. The second-order valence-electron chi connectivity index (χ2n) is 11.1. The highest BCUT2D eigenvalue weighted by molar-refractivity contribution is 6.00. The largest absolute Gasteiger partial charge is 0.493 e. The molecule has 2 amide bonds. The van der Waals surface area contributed by atoms with E-state index in [1.165, 1.54) is 89.9 Å². The molecule has 5 heteroatoms. The van der Waals surface area contributed by atoms with Gasteiger partial charge in [0.15, 0.2) is 0 Å². The van der Waals surface area contributed by atoms with E-state index >= 15 is 0 Å². The van der Waals surface area contributed by atoms with E-state index in [4.69, 9.17) is 4.74 Å². The Morgan fingerprint density at radius 2 is 1.00 bits per heavy atom. The number of carbonyl (C=O) groups excluding carboxylic acids is 2. The molecule has 0 atom stereocenters. The number of amides is 2. The molecule has 0 saturated heterocycles. The van der Waals surface area contributed by atoms with Crippen molar-refractivity contribution in [1.29, 1.82) is 0 Å². The van der Waals surface area contributed by atoms with Crippen LogP contribution in [-0.4, -0.2) is 31.5 Å². The van der Waals surface area contributed by atoms with Gasteiger partial charge >= 0.3 is 0 Å². The van der Waals surface area contributed by atoms with Crippen LogP contribution in [-0.2, 0) is 0 Å². The van der Waals surface area contributed by atoms with Crippen LogP contribution in [0, 0.1) is 0 Å². The van der Waals surface area contributed by atoms with Gasteiger partial charge in [-0.3, -0.25) is 9.59 Å². The first-order valence-electron chi connectivity index (χ1n) is 16.5. The van der Waals surface area contributed by atoms with Crippen LogP contribution in [0.3, 0.4) is 0 Å². The minimum Gasteiger partial charge on any atom is -0.493 e. The average molecular weight is 545 g/mol. The first-order chi connectivity index (χ1) is 19.1. The molecule has 0 aliphatic rings. The van der Waals surface area contributed by atoms with Gasteiger partial charge in [0.2, 0.25) is 0 Å². The fourth-order valence-corrected chi connectivity index (χ4v) is 4.80. The molecule has 0 heterocycles. The van der Waals surface area contributed by atoms with E-state index in [-0.39, 0.29) is 11.8 Å². The lowest BCUT2D eigenvalue weighted by atomic mass is 10.1. The van der Waals surface area contributed by atoms with Crippen LogP contribution >= 0.6 is 0 Å². The molecule has 1 rings (SSSR count). The Labute approximate surface area is 240 Å². The summed E-state index contributed by atoms with van der Waals surface area (Å²) in [7, 11) is 0. The molecule has 0 aromatic heterocycles. The Kier molecular flexibility index (Phi) is 22.4. The van der Waals surface area contributed by atoms with E-state index in [2.05, 4.69) is 31.4 Å².